The molecular weight excluding hydrogens is 461 g/mol. The van der Waals surface area contributed by atoms with Crippen molar-refractivity contribution in [3.8, 4) is 5.75 Å². The maximum absolute atomic E-state index is 12.1. The molecule has 1 aliphatic rings. The van der Waals surface area contributed by atoms with Crippen LogP contribution in [-0.2, 0) is 4.79 Å². The number of aromatic amines is 1. The number of pyridine rings is 1. The van der Waals surface area contributed by atoms with Gasteiger partial charge in [0.2, 0.25) is 5.91 Å². The van der Waals surface area contributed by atoms with E-state index in [0.29, 0.717) is 35.9 Å². The van der Waals surface area contributed by atoms with Crippen LogP contribution in [0, 0.1) is 0 Å². The summed E-state index contributed by atoms with van der Waals surface area (Å²) >= 11 is 12.5. The molecule has 178 valence electrons. The Morgan fingerprint density at radius 1 is 1.12 bits per heavy atom. The highest BCUT2D eigenvalue weighted by Gasteiger charge is 2.21. The van der Waals surface area contributed by atoms with Crippen molar-refractivity contribution in [3.05, 3.63) is 68.1 Å². The molecule has 0 aliphatic carbocycles. The molecule has 2 aromatic rings. The Balaban J connectivity index is 1.75. The molecule has 33 heavy (non-hydrogen) atoms. The van der Waals surface area contributed by atoms with Gasteiger partial charge in [0.05, 0.1) is 11.6 Å². The van der Waals surface area contributed by atoms with E-state index < -0.39 is 0 Å². The molecule has 6 nitrogen and oxygen atoms in total. The van der Waals surface area contributed by atoms with Gasteiger partial charge in [0.15, 0.2) is 0 Å². The van der Waals surface area contributed by atoms with Crippen LogP contribution in [0.3, 0.4) is 0 Å². The van der Waals surface area contributed by atoms with E-state index in [-0.39, 0.29) is 22.5 Å². The van der Waals surface area contributed by atoms with Gasteiger partial charge in [-0.3, -0.25) is 9.59 Å². The highest BCUT2D eigenvalue weighted by atomic mass is 35.5. The predicted octanol–water partition coefficient (Wildman–Crippen LogP) is 4.89. The fourth-order valence-electron chi connectivity index (χ4n) is 3.86. The number of nitrogens with one attached hydrogen (secondary N) is 2. The number of aromatic nitrogens is 1. The SMILES string of the molecule is CCN(CC)CCCCOc1ccc(/C(=C\[C@H]2CCC(=O)N2)c2ccc(Cl)c(=O)[nH]2)cc1Cl. The lowest BCUT2D eigenvalue weighted by Crippen LogP contribution is -2.24. The number of hydrogen-bond donors (Lipinski definition) is 2. The van der Waals surface area contributed by atoms with Crippen LogP contribution < -0.4 is 15.6 Å². The molecule has 0 bridgehead atoms. The molecule has 1 fully saturated rings. The molecule has 0 unspecified atom stereocenters. The predicted molar refractivity (Wildman–Crippen MR) is 134 cm³/mol. The largest absolute Gasteiger partial charge is 0.492 e. The van der Waals surface area contributed by atoms with Crippen LogP contribution in [0.2, 0.25) is 10.0 Å². The van der Waals surface area contributed by atoms with Gasteiger partial charge in [-0.05, 0) is 68.7 Å². The first-order valence-electron chi connectivity index (χ1n) is 11.5. The fourth-order valence-corrected chi connectivity index (χ4v) is 4.21. The third-order valence-corrected chi connectivity index (χ3v) is 6.40. The molecular formula is C25H31Cl2N3O3. The van der Waals surface area contributed by atoms with Crippen molar-refractivity contribution in [1.82, 2.24) is 15.2 Å². The average Bonchev–Trinajstić information content (AvgIpc) is 3.22. The van der Waals surface area contributed by atoms with E-state index in [1.807, 2.05) is 24.3 Å². The zero-order valence-electron chi connectivity index (χ0n) is 19.1. The number of H-pyrrole nitrogens is 1. The van der Waals surface area contributed by atoms with E-state index in [1.54, 1.807) is 12.1 Å². The molecule has 2 heterocycles. The van der Waals surface area contributed by atoms with Crippen LogP contribution in [0.1, 0.15) is 50.8 Å². The van der Waals surface area contributed by atoms with Crippen molar-refractivity contribution in [3.63, 3.8) is 0 Å². The number of carbonyl (C=O) groups is 1. The Labute approximate surface area is 204 Å². The molecule has 8 heteroatoms. The Morgan fingerprint density at radius 3 is 2.55 bits per heavy atom. The van der Waals surface area contributed by atoms with Crippen molar-refractivity contribution in [2.75, 3.05) is 26.2 Å². The van der Waals surface area contributed by atoms with Crippen molar-refractivity contribution < 1.29 is 9.53 Å². The summed E-state index contributed by atoms with van der Waals surface area (Å²) in [5.74, 6) is 0.643. The monoisotopic (exact) mass is 491 g/mol. The van der Waals surface area contributed by atoms with Crippen LogP contribution >= 0.6 is 23.2 Å². The van der Waals surface area contributed by atoms with Gasteiger partial charge in [-0.1, -0.05) is 49.2 Å². The zero-order chi connectivity index (χ0) is 23.8. The summed E-state index contributed by atoms with van der Waals surface area (Å²) in [5, 5.41) is 3.55. The van der Waals surface area contributed by atoms with Crippen LogP contribution in [0.5, 0.6) is 5.75 Å². The second kappa shape index (κ2) is 12.3. The first-order valence-corrected chi connectivity index (χ1v) is 12.2. The minimum Gasteiger partial charge on any atom is -0.492 e. The average molecular weight is 492 g/mol. The first kappa shape index (κ1) is 25.3. The highest BCUT2D eigenvalue weighted by molar-refractivity contribution is 6.32. The van der Waals surface area contributed by atoms with Gasteiger partial charge in [-0.2, -0.15) is 0 Å². The molecule has 2 N–H and O–H groups in total. The van der Waals surface area contributed by atoms with E-state index in [1.165, 1.54) is 0 Å². The number of halogens is 2. The number of rotatable bonds is 11. The summed E-state index contributed by atoms with van der Waals surface area (Å²) in [6.45, 7) is 8.12. The minimum atomic E-state index is -0.369. The van der Waals surface area contributed by atoms with Gasteiger partial charge < -0.3 is 19.9 Å². The molecule has 1 aliphatic heterocycles. The molecule has 0 spiro atoms. The minimum absolute atomic E-state index is 0.0166. The molecule has 1 aromatic carbocycles. The lowest BCUT2D eigenvalue weighted by Gasteiger charge is -2.17. The maximum Gasteiger partial charge on any atom is 0.267 e. The third-order valence-electron chi connectivity index (χ3n) is 5.81. The summed E-state index contributed by atoms with van der Waals surface area (Å²) in [6.07, 6.45) is 5.15. The highest BCUT2D eigenvalue weighted by Crippen LogP contribution is 2.31. The van der Waals surface area contributed by atoms with Gasteiger partial charge in [0, 0.05) is 23.7 Å². The zero-order valence-corrected chi connectivity index (χ0v) is 20.6. The summed E-state index contributed by atoms with van der Waals surface area (Å²) in [7, 11) is 0. The number of nitrogens with zero attached hydrogens (tertiary/aromatic N) is 1. The number of amides is 1. The van der Waals surface area contributed by atoms with E-state index in [9.17, 15) is 9.59 Å². The number of unbranched alkanes of at least 4 members (excludes halogenated alkanes) is 1. The van der Waals surface area contributed by atoms with E-state index in [4.69, 9.17) is 27.9 Å². The summed E-state index contributed by atoms with van der Waals surface area (Å²) < 4.78 is 5.91. The van der Waals surface area contributed by atoms with Crippen LogP contribution in [-0.4, -0.2) is 48.1 Å². The van der Waals surface area contributed by atoms with Gasteiger partial charge >= 0.3 is 0 Å². The Hall–Kier alpha value is -2.28. The molecule has 1 atom stereocenters. The van der Waals surface area contributed by atoms with Crippen LogP contribution in [0.4, 0.5) is 0 Å². The van der Waals surface area contributed by atoms with Crippen molar-refractivity contribution in [2.24, 2.45) is 0 Å². The van der Waals surface area contributed by atoms with Crippen molar-refractivity contribution in [2.45, 2.75) is 45.6 Å². The fraction of sp³-hybridized carbons (Fsp3) is 0.440. The van der Waals surface area contributed by atoms with Gasteiger partial charge in [0.25, 0.3) is 5.56 Å². The maximum atomic E-state index is 12.1. The summed E-state index contributed by atoms with van der Waals surface area (Å²) in [6, 6.07) is 8.77. The van der Waals surface area contributed by atoms with Crippen LogP contribution in [0.15, 0.2) is 41.2 Å². The van der Waals surface area contributed by atoms with Crippen LogP contribution in [0.25, 0.3) is 5.57 Å². The third kappa shape index (κ3) is 7.10. The van der Waals surface area contributed by atoms with E-state index in [2.05, 4.69) is 29.0 Å². The second-order valence-electron chi connectivity index (χ2n) is 8.07. The number of hydrogen-bond acceptors (Lipinski definition) is 4. The van der Waals surface area contributed by atoms with E-state index >= 15 is 0 Å². The molecule has 1 aromatic heterocycles. The van der Waals surface area contributed by atoms with E-state index in [0.717, 1.165) is 43.6 Å². The van der Waals surface area contributed by atoms with Gasteiger partial charge in [0.1, 0.15) is 10.8 Å². The summed E-state index contributed by atoms with van der Waals surface area (Å²) in [4.78, 5) is 29.0. The molecule has 1 saturated heterocycles. The molecule has 0 saturated carbocycles. The summed E-state index contributed by atoms with van der Waals surface area (Å²) in [5.41, 5.74) is 1.81. The van der Waals surface area contributed by atoms with Gasteiger partial charge in [-0.25, -0.2) is 0 Å². The topological polar surface area (TPSA) is 74.4 Å². The van der Waals surface area contributed by atoms with Gasteiger partial charge in [-0.15, -0.1) is 0 Å². The smallest absolute Gasteiger partial charge is 0.267 e. The quantitative estimate of drug-likeness (QED) is 0.438. The lowest BCUT2D eigenvalue weighted by molar-refractivity contribution is -0.119. The Morgan fingerprint density at radius 2 is 1.91 bits per heavy atom. The number of benzene rings is 1. The number of ether oxygens (including phenoxy) is 1. The van der Waals surface area contributed by atoms with Crippen molar-refractivity contribution >= 4 is 34.7 Å². The Bertz CT molecular complexity index is 1050. The normalized spacial score (nSPS) is 16.3. The van der Waals surface area contributed by atoms with Crippen molar-refractivity contribution in [1.29, 1.82) is 0 Å². The second-order valence-corrected chi connectivity index (χ2v) is 8.88. The molecule has 1 amide bonds. The Kier molecular flexibility index (Phi) is 9.41. The standard InChI is InChI=1S/C25H31Cl2N3O3/c1-3-30(4-2)13-5-6-14-33-23-11-7-17(15-21(23)27)19(16-18-8-12-24(31)28-18)22-10-9-20(26)25(32)29-22/h7,9-11,15-16,18H,3-6,8,12-14H2,1-2H3,(H,28,31)(H,29,32)/b19-16+/t18-/m1/s1. The first-order chi connectivity index (χ1) is 15.9. The molecule has 0 radical (unpaired) electrons. The molecule has 3 rings (SSSR count). The lowest BCUT2D eigenvalue weighted by atomic mass is 9.99. The number of carbonyl (C=O) groups excluding carboxylic acids is 1.